The van der Waals surface area contributed by atoms with E-state index in [1.54, 1.807) is 12.4 Å². The quantitative estimate of drug-likeness (QED) is 0.643. The molecule has 0 amide bonds. The van der Waals surface area contributed by atoms with Gasteiger partial charge in [0.1, 0.15) is 6.23 Å². The summed E-state index contributed by atoms with van der Waals surface area (Å²) in [5, 5.41) is 3.10. The van der Waals surface area contributed by atoms with Crippen molar-refractivity contribution in [2.24, 2.45) is 0 Å². The summed E-state index contributed by atoms with van der Waals surface area (Å²) in [6.45, 7) is 2.58. The molecule has 0 spiro atoms. The van der Waals surface area contributed by atoms with E-state index >= 15 is 0 Å². The van der Waals surface area contributed by atoms with Crippen LogP contribution in [0.5, 0.6) is 0 Å². The van der Waals surface area contributed by atoms with Crippen LogP contribution < -0.4 is 5.32 Å². The molecule has 11 heavy (non-hydrogen) atoms. The van der Waals surface area contributed by atoms with Gasteiger partial charge in [0.2, 0.25) is 0 Å². The first-order chi connectivity index (χ1) is 5.47. The summed E-state index contributed by atoms with van der Waals surface area (Å²) in [7, 11) is 0. The van der Waals surface area contributed by atoms with Crippen LogP contribution in [0.2, 0.25) is 0 Å². The minimum absolute atomic E-state index is 0.0259. The predicted molar refractivity (Wildman–Crippen MR) is 40.4 cm³/mol. The fourth-order valence-corrected chi connectivity index (χ4v) is 1.08. The molecule has 1 aliphatic rings. The van der Waals surface area contributed by atoms with Crippen LogP contribution in [0.3, 0.4) is 0 Å². The van der Waals surface area contributed by atoms with Gasteiger partial charge in [-0.25, -0.2) is 0 Å². The third-order valence-electron chi connectivity index (χ3n) is 1.62. The average Bonchev–Trinajstić information content (AvgIpc) is 2.58. The van der Waals surface area contributed by atoms with Gasteiger partial charge in [-0.1, -0.05) is 0 Å². The highest BCUT2D eigenvalue weighted by Gasteiger charge is 2.15. The lowest BCUT2D eigenvalue weighted by Crippen LogP contribution is -2.10. The lowest BCUT2D eigenvalue weighted by molar-refractivity contribution is 0.103. The predicted octanol–water partition coefficient (Wildman–Crippen LogP) is 0.862. The zero-order valence-electron chi connectivity index (χ0n) is 6.03. The maximum Gasteiger partial charge on any atom is 0.134 e. The van der Waals surface area contributed by atoms with Crippen molar-refractivity contribution in [2.45, 2.75) is 6.23 Å². The molecule has 2 rings (SSSR count). The highest BCUT2D eigenvalue weighted by molar-refractivity contribution is 5.13. The molecule has 0 bridgehead atoms. The third kappa shape index (κ3) is 1.39. The Morgan fingerprint density at radius 2 is 2.27 bits per heavy atom. The van der Waals surface area contributed by atoms with Crippen molar-refractivity contribution in [1.29, 1.82) is 0 Å². The van der Waals surface area contributed by atoms with E-state index in [-0.39, 0.29) is 6.23 Å². The van der Waals surface area contributed by atoms with E-state index in [1.165, 1.54) is 0 Å². The molecule has 1 saturated heterocycles. The fraction of sp³-hybridized carbons (Fsp3) is 0.250. The fourth-order valence-electron chi connectivity index (χ4n) is 1.08. The molecule has 1 unspecified atom stereocenters. The summed E-state index contributed by atoms with van der Waals surface area (Å²) in [6, 6.07) is 3.88. The lowest BCUT2D eigenvalue weighted by Gasteiger charge is -2.08. The first-order valence-corrected chi connectivity index (χ1v) is 3.56. The molecule has 0 aromatic carbocycles. The van der Waals surface area contributed by atoms with Crippen molar-refractivity contribution < 1.29 is 4.74 Å². The van der Waals surface area contributed by atoms with E-state index in [2.05, 4.69) is 10.3 Å². The SMILES string of the molecule is [CH]1COC(c2ccncc2)N1. The Morgan fingerprint density at radius 1 is 1.45 bits per heavy atom. The van der Waals surface area contributed by atoms with Gasteiger partial charge in [0.05, 0.1) is 13.2 Å². The molecule has 1 radical (unpaired) electrons. The second kappa shape index (κ2) is 2.98. The average molecular weight is 149 g/mol. The topological polar surface area (TPSA) is 34.1 Å². The van der Waals surface area contributed by atoms with Gasteiger partial charge in [-0.3, -0.25) is 10.3 Å². The van der Waals surface area contributed by atoms with Crippen LogP contribution in [0.25, 0.3) is 0 Å². The maximum absolute atomic E-state index is 5.34. The van der Waals surface area contributed by atoms with Gasteiger partial charge in [-0.05, 0) is 17.7 Å². The minimum Gasteiger partial charge on any atom is -0.357 e. The Morgan fingerprint density at radius 3 is 2.91 bits per heavy atom. The second-order valence-corrected chi connectivity index (χ2v) is 2.36. The smallest absolute Gasteiger partial charge is 0.134 e. The van der Waals surface area contributed by atoms with Crippen LogP contribution in [0.1, 0.15) is 11.8 Å². The molecular formula is C8H9N2O. The van der Waals surface area contributed by atoms with Gasteiger partial charge in [-0.2, -0.15) is 0 Å². The molecule has 1 atom stereocenters. The number of hydrogen-bond acceptors (Lipinski definition) is 3. The van der Waals surface area contributed by atoms with E-state index in [0.29, 0.717) is 6.61 Å². The molecule has 2 heterocycles. The number of nitrogens with zero attached hydrogens (tertiary/aromatic N) is 1. The molecule has 3 heteroatoms. The number of hydrogen-bond donors (Lipinski definition) is 1. The monoisotopic (exact) mass is 149 g/mol. The van der Waals surface area contributed by atoms with E-state index in [4.69, 9.17) is 4.74 Å². The summed E-state index contributed by atoms with van der Waals surface area (Å²) < 4.78 is 5.34. The zero-order valence-corrected chi connectivity index (χ0v) is 6.03. The summed E-state index contributed by atoms with van der Waals surface area (Å²) in [5.41, 5.74) is 1.12. The molecule has 1 aromatic heterocycles. The van der Waals surface area contributed by atoms with Crippen molar-refractivity contribution in [3.8, 4) is 0 Å². The molecular weight excluding hydrogens is 140 g/mol. The Labute approximate surface area is 65.4 Å². The maximum atomic E-state index is 5.34. The molecule has 57 valence electrons. The Balaban J connectivity index is 2.16. The van der Waals surface area contributed by atoms with E-state index in [9.17, 15) is 0 Å². The summed E-state index contributed by atoms with van der Waals surface area (Å²) in [4.78, 5) is 3.92. The molecule has 0 aliphatic carbocycles. The zero-order chi connectivity index (χ0) is 7.52. The Bertz CT molecular complexity index is 219. The van der Waals surface area contributed by atoms with Crippen LogP contribution in [-0.4, -0.2) is 11.6 Å². The van der Waals surface area contributed by atoms with Gasteiger partial charge in [0, 0.05) is 12.4 Å². The number of aromatic nitrogens is 1. The van der Waals surface area contributed by atoms with Crippen LogP contribution in [0.4, 0.5) is 0 Å². The van der Waals surface area contributed by atoms with Gasteiger partial charge < -0.3 is 4.74 Å². The Kier molecular flexibility index (Phi) is 1.83. The van der Waals surface area contributed by atoms with Crippen molar-refractivity contribution in [3.63, 3.8) is 0 Å². The van der Waals surface area contributed by atoms with Crippen LogP contribution in [-0.2, 0) is 4.74 Å². The first-order valence-electron chi connectivity index (χ1n) is 3.56. The molecule has 1 N–H and O–H groups in total. The number of pyridine rings is 1. The number of rotatable bonds is 1. The first kappa shape index (κ1) is 6.76. The van der Waals surface area contributed by atoms with Crippen molar-refractivity contribution in [3.05, 3.63) is 36.6 Å². The van der Waals surface area contributed by atoms with Gasteiger partial charge in [-0.15, -0.1) is 0 Å². The number of ether oxygens (including phenoxy) is 1. The molecule has 1 aliphatic heterocycles. The molecule has 0 saturated carbocycles. The summed E-state index contributed by atoms with van der Waals surface area (Å²) in [6.07, 6.45) is 3.55. The van der Waals surface area contributed by atoms with Gasteiger partial charge >= 0.3 is 0 Å². The van der Waals surface area contributed by atoms with Gasteiger partial charge in [0.25, 0.3) is 0 Å². The van der Waals surface area contributed by atoms with Crippen LogP contribution >= 0.6 is 0 Å². The Hall–Kier alpha value is -0.930. The largest absolute Gasteiger partial charge is 0.357 e. The van der Waals surface area contributed by atoms with Crippen molar-refractivity contribution in [1.82, 2.24) is 10.3 Å². The standard InChI is InChI=1S/C8H9N2O/c1-3-9-4-2-7(1)8-10-5-6-11-8/h1-5,8,10H,6H2. The highest BCUT2D eigenvalue weighted by atomic mass is 16.5. The van der Waals surface area contributed by atoms with Crippen molar-refractivity contribution in [2.75, 3.05) is 6.61 Å². The lowest BCUT2D eigenvalue weighted by atomic mass is 10.2. The highest BCUT2D eigenvalue weighted by Crippen LogP contribution is 2.17. The normalized spacial score (nSPS) is 23.8. The molecule has 1 aromatic rings. The van der Waals surface area contributed by atoms with Gasteiger partial charge in [0.15, 0.2) is 0 Å². The van der Waals surface area contributed by atoms with E-state index in [1.807, 2.05) is 18.7 Å². The summed E-state index contributed by atoms with van der Waals surface area (Å²) >= 11 is 0. The molecule has 3 nitrogen and oxygen atoms in total. The van der Waals surface area contributed by atoms with Crippen molar-refractivity contribution >= 4 is 0 Å². The second-order valence-electron chi connectivity index (χ2n) is 2.36. The minimum atomic E-state index is 0.0259. The summed E-state index contributed by atoms with van der Waals surface area (Å²) in [5.74, 6) is 0. The molecule has 1 fully saturated rings. The third-order valence-corrected chi connectivity index (χ3v) is 1.62. The van der Waals surface area contributed by atoms with Crippen LogP contribution in [0, 0.1) is 6.54 Å². The number of nitrogens with one attached hydrogen (secondary N) is 1. The van der Waals surface area contributed by atoms with Crippen LogP contribution in [0.15, 0.2) is 24.5 Å². The van der Waals surface area contributed by atoms with E-state index < -0.39 is 0 Å². The van der Waals surface area contributed by atoms with E-state index in [0.717, 1.165) is 5.56 Å².